The van der Waals surface area contributed by atoms with Gasteiger partial charge in [-0.15, -0.1) is 0 Å². The maximum atomic E-state index is 13.8. The molecule has 10 nitrogen and oxygen atoms in total. The summed E-state index contributed by atoms with van der Waals surface area (Å²) in [7, 11) is 1.48. The van der Waals surface area contributed by atoms with Crippen molar-refractivity contribution in [3.63, 3.8) is 0 Å². The van der Waals surface area contributed by atoms with Crippen LogP contribution in [0.2, 0.25) is 0 Å². The van der Waals surface area contributed by atoms with Gasteiger partial charge in [0.1, 0.15) is 18.3 Å². The number of fused-ring (bicyclic) bond motifs is 3. The van der Waals surface area contributed by atoms with Crippen LogP contribution >= 0.6 is 0 Å². The molecule has 0 aromatic heterocycles. The predicted octanol–water partition coefficient (Wildman–Crippen LogP) is 1.02. The van der Waals surface area contributed by atoms with Gasteiger partial charge in [-0.2, -0.15) is 0 Å². The topological polar surface area (TPSA) is 138 Å². The molecule has 3 aliphatic rings. The molecular formula is C29H34N2O8. The van der Waals surface area contributed by atoms with Crippen LogP contribution in [0.3, 0.4) is 0 Å². The zero-order valence-electron chi connectivity index (χ0n) is 21.8. The minimum absolute atomic E-state index is 0.0388. The van der Waals surface area contributed by atoms with Gasteiger partial charge in [-0.3, -0.25) is 9.59 Å². The summed E-state index contributed by atoms with van der Waals surface area (Å²) < 4.78 is 17.5. The minimum Gasteiger partial charge on any atom is -0.493 e. The van der Waals surface area contributed by atoms with Gasteiger partial charge in [0.25, 0.3) is 5.91 Å². The summed E-state index contributed by atoms with van der Waals surface area (Å²) >= 11 is 0. The molecule has 2 aliphatic heterocycles. The highest BCUT2D eigenvalue weighted by atomic mass is 16.5. The summed E-state index contributed by atoms with van der Waals surface area (Å²) in [5, 5.41) is 33.6. The standard InChI is InChI=1S/C29H34N2O8/c1-37-23-13-18(16-33)12-19-24-20(28(35)30-9-10-32)14-21(25(34)27(24)39-26(19)23)31(15-17-6-3-2-4-7-17)29(36)22-8-5-11-38-22/h2-4,6-7,12-14,21-22,24-25,27,32-34H,5,8-11,15-16H2,1H3,(H,30,35)/t21-,22?,24+,25+,27+/m1/s1. The van der Waals surface area contributed by atoms with E-state index in [1.807, 2.05) is 30.3 Å². The molecule has 0 bridgehead atoms. The Morgan fingerprint density at radius 2 is 1.95 bits per heavy atom. The van der Waals surface area contributed by atoms with Gasteiger partial charge in [0, 0.05) is 30.8 Å². The summed E-state index contributed by atoms with van der Waals surface area (Å²) in [6, 6.07) is 11.9. The number of nitrogens with one attached hydrogen (secondary N) is 1. The highest BCUT2D eigenvalue weighted by Crippen LogP contribution is 2.51. The van der Waals surface area contributed by atoms with Crippen LogP contribution in [-0.4, -0.2) is 83.3 Å². The zero-order chi connectivity index (χ0) is 27.5. The van der Waals surface area contributed by atoms with Gasteiger partial charge in [0.2, 0.25) is 5.91 Å². The number of hydrogen-bond donors (Lipinski definition) is 4. The van der Waals surface area contributed by atoms with Crippen LogP contribution in [0.5, 0.6) is 11.5 Å². The third kappa shape index (κ3) is 5.25. The highest BCUT2D eigenvalue weighted by Gasteiger charge is 2.52. The number of carbonyl (C=O) groups excluding carboxylic acids is 2. The van der Waals surface area contributed by atoms with Crippen LogP contribution in [0.25, 0.3) is 0 Å². The van der Waals surface area contributed by atoms with Crippen molar-refractivity contribution in [2.45, 2.75) is 56.3 Å². The molecule has 2 aromatic carbocycles. The Bertz CT molecular complexity index is 1230. The monoisotopic (exact) mass is 538 g/mol. The fraction of sp³-hybridized carbons (Fsp3) is 0.448. The lowest BCUT2D eigenvalue weighted by molar-refractivity contribution is -0.147. The number of methoxy groups -OCH3 is 1. The molecule has 2 aromatic rings. The number of hydrogen-bond acceptors (Lipinski definition) is 8. The van der Waals surface area contributed by atoms with Crippen molar-refractivity contribution in [1.29, 1.82) is 0 Å². The Hall–Kier alpha value is -3.44. The number of benzene rings is 2. The van der Waals surface area contributed by atoms with Crippen molar-refractivity contribution < 1.29 is 39.1 Å². The predicted molar refractivity (Wildman–Crippen MR) is 140 cm³/mol. The quantitative estimate of drug-likeness (QED) is 0.371. The number of ether oxygens (including phenoxy) is 3. The number of carbonyl (C=O) groups is 2. The zero-order valence-corrected chi connectivity index (χ0v) is 21.8. The largest absolute Gasteiger partial charge is 0.493 e. The van der Waals surface area contributed by atoms with E-state index < -0.39 is 36.2 Å². The molecule has 0 saturated carbocycles. The van der Waals surface area contributed by atoms with Gasteiger partial charge in [0.05, 0.1) is 32.3 Å². The summed E-state index contributed by atoms with van der Waals surface area (Å²) in [5.41, 5.74) is 2.34. The smallest absolute Gasteiger partial charge is 0.252 e. The molecule has 0 spiro atoms. The molecule has 1 unspecified atom stereocenters. The van der Waals surface area contributed by atoms with E-state index in [2.05, 4.69) is 5.32 Å². The first-order chi connectivity index (χ1) is 19.0. The van der Waals surface area contributed by atoms with Gasteiger partial charge in [-0.1, -0.05) is 30.3 Å². The SMILES string of the molecule is COc1cc(CO)cc2c1O[C@@H]1[C@@H](O)[C@H](N(Cc3ccccc3)C(=O)C3CCCO3)C=C(C(=O)NCCO)[C@H]21. The van der Waals surface area contributed by atoms with Gasteiger partial charge in [-0.25, -0.2) is 0 Å². The summed E-state index contributed by atoms with van der Waals surface area (Å²) in [5.74, 6) is -0.626. The number of amides is 2. The average molecular weight is 539 g/mol. The first-order valence-electron chi connectivity index (χ1n) is 13.2. The lowest BCUT2D eigenvalue weighted by atomic mass is 9.77. The molecule has 4 N–H and O–H groups in total. The van der Waals surface area contributed by atoms with Crippen LogP contribution in [0.15, 0.2) is 54.1 Å². The molecule has 39 heavy (non-hydrogen) atoms. The van der Waals surface area contributed by atoms with Crippen molar-refractivity contribution in [2.24, 2.45) is 0 Å². The third-order valence-electron chi connectivity index (χ3n) is 7.54. The number of rotatable bonds is 9. The number of aliphatic hydroxyl groups is 3. The van der Waals surface area contributed by atoms with E-state index in [-0.39, 0.29) is 32.2 Å². The van der Waals surface area contributed by atoms with Crippen LogP contribution in [0, 0.1) is 0 Å². The average Bonchev–Trinajstić information content (AvgIpc) is 3.64. The normalized spacial score (nSPS) is 25.2. The Morgan fingerprint density at radius 3 is 2.62 bits per heavy atom. The van der Waals surface area contributed by atoms with E-state index in [4.69, 9.17) is 14.2 Å². The maximum absolute atomic E-state index is 13.8. The molecule has 1 aliphatic carbocycles. The fourth-order valence-electron chi connectivity index (χ4n) is 5.69. The van der Waals surface area contributed by atoms with Crippen LogP contribution in [0.1, 0.15) is 35.4 Å². The van der Waals surface area contributed by atoms with Crippen molar-refractivity contribution in [3.05, 3.63) is 70.8 Å². The van der Waals surface area contributed by atoms with E-state index in [0.717, 1.165) is 12.0 Å². The molecule has 2 amide bonds. The second-order valence-electron chi connectivity index (χ2n) is 9.97. The first-order valence-corrected chi connectivity index (χ1v) is 13.2. The Balaban J connectivity index is 1.59. The highest BCUT2D eigenvalue weighted by molar-refractivity contribution is 5.96. The van der Waals surface area contributed by atoms with E-state index in [0.29, 0.717) is 41.2 Å². The van der Waals surface area contributed by atoms with Crippen LogP contribution in [-0.2, 0) is 27.5 Å². The minimum atomic E-state index is -1.19. The van der Waals surface area contributed by atoms with Crippen molar-refractivity contribution in [3.8, 4) is 11.5 Å². The molecule has 5 rings (SSSR count). The van der Waals surface area contributed by atoms with E-state index >= 15 is 0 Å². The molecule has 10 heteroatoms. The fourth-order valence-corrected chi connectivity index (χ4v) is 5.69. The molecule has 2 heterocycles. The van der Waals surface area contributed by atoms with E-state index in [1.165, 1.54) is 7.11 Å². The van der Waals surface area contributed by atoms with Crippen LogP contribution < -0.4 is 14.8 Å². The second-order valence-corrected chi connectivity index (χ2v) is 9.97. The molecule has 208 valence electrons. The number of nitrogens with zero attached hydrogens (tertiary/aromatic N) is 1. The lowest BCUT2D eigenvalue weighted by Gasteiger charge is -2.41. The van der Waals surface area contributed by atoms with E-state index in [1.54, 1.807) is 23.1 Å². The molecule has 0 radical (unpaired) electrons. The lowest BCUT2D eigenvalue weighted by Crippen LogP contribution is -2.57. The van der Waals surface area contributed by atoms with E-state index in [9.17, 15) is 24.9 Å². The molecular weight excluding hydrogens is 504 g/mol. The third-order valence-corrected chi connectivity index (χ3v) is 7.54. The molecule has 1 saturated heterocycles. The maximum Gasteiger partial charge on any atom is 0.252 e. The first kappa shape index (κ1) is 27.1. The van der Waals surface area contributed by atoms with Crippen molar-refractivity contribution in [1.82, 2.24) is 10.2 Å². The Kier molecular flexibility index (Phi) is 8.18. The summed E-state index contributed by atoms with van der Waals surface area (Å²) in [6.45, 7) is 0.237. The van der Waals surface area contributed by atoms with Crippen molar-refractivity contribution in [2.75, 3.05) is 26.9 Å². The van der Waals surface area contributed by atoms with Gasteiger partial charge < -0.3 is 39.7 Å². The summed E-state index contributed by atoms with van der Waals surface area (Å²) in [4.78, 5) is 28.8. The Labute approximate surface area is 226 Å². The Morgan fingerprint density at radius 1 is 1.15 bits per heavy atom. The van der Waals surface area contributed by atoms with Gasteiger partial charge in [0.15, 0.2) is 11.5 Å². The van der Waals surface area contributed by atoms with Crippen LogP contribution in [0.4, 0.5) is 0 Å². The van der Waals surface area contributed by atoms with Crippen molar-refractivity contribution >= 4 is 11.8 Å². The molecule has 5 atom stereocenters. The van der Waals surface area contributed by atoms with Gasteiger partial charge in [-0.05, 0) is 42.2 Å². The second kappa shape index (κ2) is 11.7. The molecule has 1 fully saturated rings. The van der Waals surface area contributed by atoms with Gasteiger partial charge >= 0.3 is 0 Å². The number of aliphatic hydroxyl groups excluding tert-OH is 3. The summed E-state index contributed by atoms with van der Waals surface area (Å²) in [6.07, 6.45) is 0.258.